The zero-order valence-corrected chi connectivity index (χ0v) is 28.9. The Morgan fingerprint density at radius 1 is 0.591 bits per heavy atom. The maximum absolute atomic E-state index is 12.8. The normalized spacial score (nSPS) is 10.2. The third-order valence-electron chi connectivity index (χ3n) is 5.23. The zero-order valence-electron chi connectivity index (χ0n) is 23.5. The van der Waals surface area contributed by atoms with E-state index in [1.54, 1.807) is 32.3 Å². The van der Waals surface area contributed by atoms with E-state index in [-0.39, 0.29) is 5.82 Å². The molecule has 0 fully saturated rings. The predicted molar refractivity (Wildman–Crippen MR) is 182 cm³/mol. The van der Waals surface area contributed by atoms with Crippen molar-refractivity contribution in [2.24, 2.45) is 0 Å². The number of halogens is 11. The highest BCUT2D eigenvalue weighted by molar-refractivity contribution is 9.10. The number of hydrogen-bond donors (Lipinski definition) is 4. The van der Waals surface area contributed by atoms with Crippen molar-refractivity contribution in [2.45, 2.75) is 6.18 Å². The van der Waals surface area contributed by atoms with E-state index >= 15 is 0 Å². The van der Waals surface area contributed by atoms with Gasteiger partial charge in [0.05, 0.1) is 48.4 Å². The standard InChI is InChI=1S/C8H7F4N.C7H7BrClN.C7H6Cl3N.C7H7ClFN/c1-13-7-5(8(10,11)12)3-2-4-6(7)9;1-10-7-3-2-5(8)4-6(7)9;1-11-7-5(9)2-4(8)3-6(7)10;1-10-7-3-2-5(9)4-6(7)8/h2-4,13H,1H3;2-4,10H,1H3;2-3,11H,1H3;2-4,10H,1H3. The van der Waals surface area contributed by atoms with E-state index in [1.807, 2.05) is 25.2 Å². The van der Waals surface area contributed by atoms with Crippen LogP contribution in [0.25, 0.3) is 0 Å². The molecule has 0 bridgehead atoms. The molecule has 0 saturated carbocycles. The number of alkyl halides is 3. The molecule has 4 N–H and O–H groups in total. The van der Waals surface area contributed by atoms with Crippen LogP contribution in [0.15, 0.2) is 71.2 Å². The maximum atomic E-state index is 12.8. The number of benzene rings is 4. The molecular formula is C29H27BrCl5F5N4. The summed E-state index contributed by atoms with van der Waals surface area (Å²) in [5, 5.41) is 13.6. The first-order chi connectivity index (χ1) is 20.6. The van der Waals surface area contributed by atoms with Gasteiger partial charge in [-0.15, -0.1) is 0 Å². The van der Waals surface area contributed by atoms with Crippen LogP contribution in [0.5, 0.6) is 0 Å². The topological polar surface area (TPSA) is 48.1 Å². The quantitative estimate of drug-likeness (QED) is 0.156. The maximum Gasteiger partial charge on any atom is 0.418 e. The molecule has 4 aromatic rings. The van der Waals surface area contributed by atoms with Gasteiger partial charge in [-0.3, -0.25) is 0 Å². The fraction of sp³-hybridized carbons (Fsp3) is 0.172. The number of anilines is 4. The van der Waals surface area contributed by atoms with Gasteiger partial charge in [-0.25, -0.2) is 8.78 Å². The van der Waals surface area contributed by atoms with Crippen molar-refractivity contribution in [2.75, 3.05) is 49.5 Å². The smallest absolute Gasteiger partial charge is 0.387 e. The fourth-order valence-electron chi connectivity index (χ4n) is 3.18. The third-order valence-corrected chi connectivity index (χ3v) is 7.16. The van der Waals surface area contributed by atoms with Crippen molar-refractivity contribution in [1.29, 1.82) is 0 Å². The zero-order chi connectivity index (χ0) is 33.6. The summed E-state index contributed by atoms with van der Waals surface area (Å²) < 4.78 is 62.8. The van der Waals surface area contributed by atoms with Crippen molar-refractivity contribution < 1.29 is 22.0 Å². The molecule has 0 aliphatic heterocycles. The first-order valence-corrected chi connectivity index (χ1v) is 14.9. The van der Waals surface area contributed by atoms with Crippen LogP contribution in [-0.2, 0) is 6.18 Å². The second-order valence-electron chi connectivity index (χ2n) is 8.15. The molecule has 0 radical (unpaired) electrons. The minimum Gasteiger partial charge on any atom is -0.387 e. The molecule has 4 nitrogen and oxygen atoms in total. The molecule has 44 heavy (non-hydrogen) atoms. The predicted octanol–water partition coefficient (Wildman–Crippen LogP) is 12.2. The van der Waals surface area contributed by atoms with Crippen LogP contribution in [0.3, 0.4) is 0 Å². The number of nitrogens with one attached hydrogen (secondary N) is 4. The molecule has 0 saturated heterocycles. The summed E-state index contributed by atoms with van der Waals surface area (Å²) in [4.78, 5) is 0. The Labute approximate surface area is 286 Å². The van der Waals surface area contributed by atoms with Gasteiger partial charge in [0.2, 0.25) is 0 Å². The molecule has 240 valence electrons. The molecule has 0 unspecified atom stereocenters. The minimum atomic E-state index is -4.53. The Kier molecular flexibility index (Phi) is 17.3. The third kappa shape index (κ3) is 12.9. The lowest BCUT2D eigenvalue weighted by Gasteiger charge is -2.12. The van der Waals surface area contributed by atoms with E-state index in [2.05, 4.69) is 37.2 Å². The summed E-state index contributed by atoms with van der Waals surface area (Å²) in [5.41, 5.74) is 0.885. The molecule has 15 heteroatoms. The molecule has 0 aliphatic carbocycles. The van der Waals surface area contributed by atoms with Crippen molar-refractivity contribution in [1.82, 2.24) is 0 Å². The van der Waals surface area contributed by atoms with Crippen LogP contribution in [0.4, 0.5) is 44.7 Å². The van der Waals surface area contributed by atoms with Crippen LogP contribution < -0.4 is 21.3 Å². The van der Waals surface area contributed by atoms with Gasteiger partial charge in [-0.05, 0) is 60.7 Å². The van der Waals surface area contributed by atoms with E-state index < -0.39 is 23.2 Å². The van der Waals surface area contributed by atoms with Crippen LogP contribution in [0.2, 0.25) is 25.1 Å². The van der Waals surface area contributed by atoms with Crippen LogP contribution >= 0.6 is 73.9 Å². The highest BCUT2D eigenvalue weighted by atomic mass is 79.9. The summed E-state index contributed by atoms with van der Waals surface area (Å²) >= 11 is 32.1. The minimum absolute atomic E-state index is 0.316. The first kappa shape index (κ1) is 39.7. The average molecular weight is 784 g/mol. The average Bonchev–Trinajstić information content (AvgIpc) is 2.93. The first-order valence-electron chi connectivity index (χ1n) is 12.2. The Morgan fingerprint density at radius 2 is 1.09 bits per heavy atom. The van der Waals surface area contributed by atoms with Gasteiger partial charge in [0, 0.05) is 37.7 Å². The lowest BCUT2D eigenvalue weighted by atomic mass is 10.1. The number of rotatable bonds is 4. The Hall–Kier alpha value is -2.34. The lowest BCUT2D eigenvalue weighted by Crippen LogP contribution is -2.10. The van der Waals surface area contributed by atoms with Crippen molar-refractivity contribution >= 4 is 96.7 Å². The van der Waals surface area contributed by atoms with Gasteiger partial charge < -0.3 is 21.3 Å². The molecule has 0 aromatic heterocycles. The molecule has 0 atom stereocenters. The monoisotopic (exact) mass is 780 g/mol. The summed E-state index contributed by atoms with van der Waals surface area (Å²) in [6.45, 7) is 0. The number of hydrogen-bond acceptors (Lipinski definition) is 4. The number of para-hydroxylation sites is 1. The van der Waals surface area contributed by atoms with E-state index in [1.165, 1.54) is 19.2 Å². The van der Waals surface area contributed by atoms with E-state index in [0.29, 0.717) is 25.8 Å². The molecular weight excluding hydrogens is 757 g/mol. The summed E-state index contributed by atoms with van der Waals surface area (Å²) in [7, 11) is 6.57. The van der Waals surface area contributed by atoms with Crippen LogP contribution in [-0.4, -0.2) is 28.2 Å². The summed E-state index contributed by atoms with van der Waals surface area (Å²) in [6, 6.07) is 16.1. The van der Waals surface area contributed by atoms with Gasteiger partial charge in [-0.2, -0.15) is 13.2 Å². The fourth-order valence-corrected chi connectivity index (χ4v) is 5.22. The summed E-state index contributed by atoms with van der Waals surface area (Å²) in [5.74, 6) is -1.22. The summed E-state index contributed by atoms with van der Waals surface area (Å²) in [6.07, 6.45) is -4.53. The Morgan fingerprint density at radius 3 is 1.50 bits per heavy atom. The van der Waals surface area contributed by atoms with E-state index in [9.17, 15) is 22.0 Å². The Balaban J connectivity index is 0.000000295. The lowest BCUT2D eigenvalue weighted by molar-refractivity contribution is -0.137. The van der Waals surface area contributed by atoms with Gasteiger partial charge in [-0.1, -0.05) is 80.0 Å². The molecule has 0 spiro atoms. The van der Waals surface area contributed by atoms with Gasteiger partial charge >= 0.3 is 6.18 Å². The van der Waals surface area contributed by atoms with Gasteiger partial charge in [0.25, 0.3) is 0 Å². The molecule has 0 amide bonds. The Bertz CT molecular complexity index is 1440. The van der Waals surface area contributed by atoms with E-state index in [4.69, 9.17) is 58.0 Å². The van der Waals surface area contributed by atoms with Crippen molar-refractivity contribution in [3.05, 3.63) is 114 Å². The highest BCUT2D eigenvalue weighted by Crippen LogP contribution is 2.36. The van der Waals surface area contributed by atoms with Crippen molar-refractivity contribution in [3.63, 3.8) is 0 Å². The largest absolute Gasteiger partial charge is 0.418 e. The van der Waals surface area contributed by atoms with Crippen LogP contribution in [0.1, 0.15) is 5.56 Å². The molecule has 4 aromatic carbocycles. The van der Waals surface area contributed by atoms with Crippen LogP contribution in [0, 0.1) is 11.6 Å². The van der Waals surface area contributed by atoms with Gasteiger partial charge in [0.1, 0.15) is 11.6 Å². The second kappa shape index (κ2) is 19.2. The van der Waals surface area contributed by atoms with Crippen molar-refractivity contribution in [3.8, 4) is 0 Å². The molecule has 4 rings (SSSR count). The molecule has 0 heterocycles. The van der Waals surface area contributed by atoms with Gasteiger partial charge in [0.15, 0.2) is 0 Å². The second-order valence-corrected chi connectivity index (χ2v) is 11.1. The molecule has 0 aliphatic rings. The highest BCUT2D eigenvalue weighted by Gasteiger charge is 2.34. The van der Waals surface area contributed by atoms with E-state index in [0.717, 1.165) is 39.1 Å². The SMILES string of the molecule is CNc1c(Cl)cc(Cl)cc1Cl.CNc1c(F)cccc1C(F)(F)F.CNc1ccc(Br)cc1Cl.CNc1ccc(F)cc1Cl.